The van der Waals surface area contributed by atoms with Crippen molar-refractivity contribution in [2.45, 2.75) is 13.0 Å². The molecule has 0 saturated carbocycles. The van der Waals surface area contributed by atoms with E-state index in [1.165, 1.54) is 0 Å². The van der Waals surface area contributed by atoms with Crippen LogP contribution in [0.15, 0.2) is 30.9 Å². The lowest BCUT2D eigenvalue weighted by Gasteiger charge is -2.07. The van der Waals surface area contributed by atoms with Gasteiger partial charge in [-0.2, -0.15) is 0 Å². The molecule has 2 nitrogen and oxygen atoms in total. The highest BCUT2D eigenvalue weighted by Crippen LogP contribution is 2.20. The zero-order chi connectivity index (χ0) is 9.14. The standard InChI is InChI=1S/C10H13NO/c1-3-9(11)8-4-5-10(12)7(2)6-8/h3-6,9,12H,1,11H2,2H3/t9-/m1/s1. The second-order valence-electron chi connectivity index (χ2n) is 2.81. The Kier molecular flexibility index (Phi) is 2.51. The molecule has 1 rings (SSSR count). The van der Waals surface area contributed by atoms with Gasteiger partial charge in [0.15, 0.2) is 0 Å². The Labute approximate surface area is 72.3 Å². The second kappa shape index (κ2) is 3.41. The maximum atomic E-state index is 9.23. The molecule has 12 heavy (non-hydrogen) atoms. The van der Waals surface area contributed by atoms with Crippen LogP contribution in [0.4, 0.5) is 0 Å². The number of hydrogen-bond acceptors (Lipinski definition) is 2. The molecule has 64 valence electrons. The van der Waals surface area contributed by atoms with Crippen LogP contribution in [0.3, 0.4) is 0 Å². The normalized spacial score (nSPS) is 12.5. The summed E-state index contributed by atoms with van der Waals surface area (Å²) in [5.41, 5.74) is 7.52. The van der Waals surface area contributed by atoms with E-state index in [4.69, 9.17) is 5.73 Å². The van der Waals surface area contributed by atoms with E-state index in [1.54, 1.807) is 18.2 Å². The molecular weight excluding hydrogens is 150 g/mol. The minimum Gasteiger partial charge on any atom is -0.508 e. The fraction of sp³-hybridized carbons (Fsp3) is 0.200. The van der Waals surface area contributed by atoms with Gasteiger partial charge in [0.1, 0.15) is 5.75 Å². The highest BCUT2D eigenvalue weighted by atomic mass is 16.3. The first-order valence-electron chi connectivity index (χ1n) is 3.83. The van der Waals surface area contributed by atoms with Gasteiger partial charge in [-0.05, 0) is 24.1 Å². The van der Waals surface area contributed by atoms with E-state index < -0.39 is 0 Å². The predicted molar refractivity (Wildman–Crippen MR) is 50.0 cm³/mol. The van der Waals surface area contributed by atoms with Crippen LogP contribution in [0.5, 0.6) is 5.75 Å². The molecule has 0 aliphatic heterocycles. The Bertz CT molecular complexity index is 294. The average Bonchev–Trinajstić information content (AvgIpc) is 2.08. The topological polar surface area (TPSA) is 46.2 Å². The van der Waals surface area contributed by atoms with Gasteiger partial charge in [-0.1, -0.05) is 18.2 Å². The Morgan fingerprint density at radius 3 is 2.75 bits per heavy atom. The highest BCUT2D eigenvalue weighted by Gasteiger charge is 2.02. The van der Waals surface area contributed by atoms with Crippen molar-refractivity contribution >= 4 is 0 Å². The van der Waals surface area contributed by atoms with E-state index in [0.717, 1.165) is 11.1 Å². The van der Waals surface area contributed by atoms with Crippen molar-refractivity contribution in [2.24, 2.45) is 5.73 Å². The van der Waals surface area contributed by atoms with Gasteiger partial charge >= 0.3 is 0 Å². The minimum absolute atomic E-state index is 0.149. The van der Waals surface area contributed by atoms with E-state index in [2.05, 4.69) is 6.58 Å². The SMILES string of the molecule is C=C[C@@H](N)c1ccc(O)c(C)c1. The fourth-order valence-corrected chi connectivity index (χ4v) is 1.02. The van der Waals surface area contributed by atoms with Gasteiger partial charge < -0.3 is 10.8 Å². The van der Waals surface area contributed by atoms with E-state index in [0.29, 0.717) is 5.75 Å². The summed E-state index contributed by atoms with van der Waals surface area (Å²) >= 11 is 0. The largest absolute Gasteiger partial charge is 0.508 e. The number of hydrogen-bond donors (Lipinski definition) is 2. The molecule has 2 heteroatoms. The van der Waals surface area contributed by atoms with E-state index >= 15 is 0 Å². The van der Waals surface area contributed by atoms with Crippen LogP contribution in [-0.2, 0) is 0 Å². The van der Waals surface area contributed by atoms with Crippen molar-refractivity contribution in [1.29, 1.82) is 0 Å². The van der Waals surface area contributed by atoms with Gasteiger partial charge in [0, 0.05) is 6.04 Å². The van der Waals surface area contributed by atoms with Gasteiger partial charge in [-0.25, -0.2) is 0 Å². The molecule has 0 bridgehead atoms. The summed E-state index contributed by atoms with van der Waals surface area (Å²) in [5, 5.41) is 9.23. The first-order valence-corrected chi connectivity index (χ1v) is 3.83. The van der Waals surface area contributed by atoms with E-state index in [1.807, 2.05) is 13.0 Å². The minimum atomic E-state index is -0.149. The van der Waals surface area contributed by atoms with Crippen LogP contribution < -0.4 is 5.73 Å². The van der Waals surface area contributed by atoms with Crippen LogP contribution >= 0.6 is 0 Å². The van der Waals surface area contributed by atoms with Crippen molar-refractivity contribution in [1.82, 2.24) is 0 Å². The van der Waals surface area contributed by atoms with Crippen LogP contribution in [0.2, 0.25) is 0 Å². The number of phenols is 1. The third-order valence-electron chi connectivity index (χ3n) is 1.86. The van der Waals surface area contributed by atoms with Crippen molar-refractivity contribution in [3.63, 3.8) is 0 Å². The average molecular weight is 163 g/mol. The molecule has 0 spiro atoms. The number of benzene rings is 1. The van der Waals surface area contributed by atoms with Gasteiger partial charge in [0.2, 0.25) is 0 Å². The molecular formula is C10H13NO. The molecule has 3 N–H and O–H groups in total. The maximum Gasteiger partial charge on any atom is 0.118 e. The zero-order valence-corrected chi connectivity index (χ0v) is 7.12. The van der Waals surface area contributed by atoms with Crippen molar-refractivity contribution in [2.75, 3.05) is 0 Å². The van der Waals surface area contributed by atoms with Crippen LogP contribution in [0.1, 0.15) is 17.2 Å². The van der Waals surface area contributed by atoms with Crippen molar-refractivity contribution < 1.29 is 5.11 Å². The number of nitrogens with two attached hydrogens (primary N) is 1. The molecule has 0 aliphatic carbocycles. The molecule has 1 aromatic carbocycles. The molecule has 0 saturated heterocycles. The summed E-state index contributed by atoms with van der Waals surface area (Å²) in [4.78, 5) is 0. The van der Waals surface area contributed by atoms with Gasteiger partial charge in [0.25, 0.3) is 0 Å². The molecule has 0 fully saturated rings. The Hall–Kier alpha value is -1.28. The number of aromatic hydroxyl groups is 1. The Morgan fingerprint density at radius 1 is 1.58 bits per heavy atom. The molecule has 1 aromatic rings. The monoisotopic (exact) mass is 163 g/mol. The van der Waals surface area contributed by atoms with Crippen LogP contribution in [0, 0.1) is 6.92 Å². The maximum absolute atomic E-state index is 9.23. The molecule has 0 amide bonds. The highest BCUT2D eigenvalue weighted by molar-refractivity contribution is 5.37. The van der Waals surface area contributed by atoms with E-state index in [-0.39, 0.29) is 6.04 Å². The third kappa shape index (κ3) is 1.66. The first-order chi connectivity index (χ1) is 5.65. The van der Waals surface area contributed by atoms with Gasteiger partial charge in [0.05, 0.1) is 0 Å². The smallest absolute Gasteiger partial charge is 0.118 e. The summed E-state index contributed by atoms with van der Waals surface area (Å²) in [6, 6.07) is 5.16. The number of phenolic OH excluding ortho intramolecular Hbond substituents is 1. The molecule has 0 radical (unpaired) electrons. The van der Waals surface area contributed by atoms with Crippen molar-refractivity contribution in [3.8, 4) is 5.75 Å². The fourth-order valence-electron chi connectivity index (χ4n) is 1.02. The molecule has 1 atom stereocenters. The zero-order valence-electron chi connectivity index (χ0n) is 7.12. The molecule has 0 heterocycles. The number of aryl methyl sites for hydroxylation is 1. The lowest BCUT2D eigenvalue weighted by atomic mass is 10.0. The molecule has 0 aromatic heterocycles. The van der Waals surface area contributed by atoms with E-state index in [9.17, 15) is 5.11 Å². The summed E-state index contributed by atoms with van der Waals surface area (Å²) in [6.07, 6.45) is 1.67. The number of rotatable bonds is 2. The van der Waals surface area contributed by atoms with Gasteiger partial charge in [-0.15, -0.1) is 6.58 Å². The second-order valence-corrected chi connectivity index (χ2v) is 2.81. The Morgan fingerprint density at radius 2 is 2.25 bits per heavy atom. The molecule has 0 aliphatic rings. The quantitative estimate of drug-likeness (QED) is 0.654. The van der Waals surface area contributed by atoms with Gasteiger partial charge in [-0.3, -0.25) is 0 Å². The summed E-state index contributed by atoms with van der Waals surface area (Å²) < 4.78 is 0. The first kappa shape index (κ1) is 8.81. The van der Waals surface area contributed by atoms with Crippen LogP contribution in [0.25, 0.3) is 0 Å². The summed E-state index contributed by atoms with van der Waals surface area (Å²) in [6.45, 7) is 5.44. The lowest BCUT2D eigenvalue weighted by molar-refractivity contribution is 0.470. The summed E-state index contributed by atoms with van der Waals surface area (Å²) in [5.74, 6) is 0.301. The lowest BCUT2D eigenvalue weighted by Crippen LogP contribution is -2.06. The van der Waals surface area contributed by atoms with Crippen LogP contribution in [-0.4, -0.2) is 5.11 Å². The summed E-state index contributed by atoms with van der Waals surface area (Å²) in [7, 11) is 0. The Balaban J connectivity index is 3.04. The third-order valence-corrected chi connectivity index (χ3v) is 1.86. The molecule has 0 unspecified atom stereocenters. The predicted octanol–water partition coefficient (Wildman–Crippen LogP) is 1.89. The van der Waals surface area contributed by atoms with Crippen molar-refractivity contribution in [3.05, 3.63) is 42.0 Å².